The Morgan fingerprint density at radius 2 is 1.83 bits per heavy atom. The van der Waals surface area contributed by atoms with Crippen LogP contribution in [-0.2, 0) is 6.42 Å². The van der Waals surface area contributed by atoms with Gasteiger partial charge in [0.25, 0.3) is 0 Å². The first-order chi connectivity index (χ1) is 8.77. The molecule has 1 aliphatic heterocycles. The van der Waals surface area contributed by atoms with E-state index in [9.17, 15) is 5.11 Å². The molecule has 1 heterocycles. The Labute approximate surface area is 120 Å². The largest absolute Gasteiger partial charge is 0.493 e. The summed E-state index contributed by atoms with van der Waals surface area (Å²) in [7, 11) is 0. The second-order valence-electron chi connectivity index (χ2n) is 4.36. The van der Waals surface area contributed by atoms with Crippen LogP contribution >= 0.6 is 22.6 Å². The van der Waals surface area contributed by atoms with Crippen LogP contribution in [0.3, 0.4) is 0 Å². The fraction of sp³-hybridized carbons (Fsp3) is 0.200. The van der Waals surface area contributed by atoms with E-state index in [2.05, 4.69) is 28.7 Å². The average molecular weight is 352 g/mol. The molecule has 0 aliphatic carbocycles. The lowest BCUT2D eigenvalue weighted by molar-refractivity contribution is 0.213. The van der Waals surface area contributed by atoms with Crippen molar-refractivity contribution in [2.75, 3.05) is 6.61 Å². The smallest absolute Gasteiger partial charge is 0.128 e. The summed E-state index contributed by atoms with van der Waals surface area (Å²) >= 11 is 2.25. The summed E-state index contributed by atoms with van der Waals surface area (Å²) in [5.74, 6) is 0.865. The molecule has 3 heteroatoms. The van der Waals surface area contributed by atoms with Gasteiger partial charge in [-0.1, -0.05) is 36.4 Å². The first-order valence-corrected chi connectivity index (χ1v) is 7.02. The predicted octanol–water partition coefficient (Wildman–Crippen LogP) is 3.31. The topological polar surface area (TPSA) is 29.5 Å². The van der Waals surface area contributed by atoms with Crippen molar-refractivity contribution in [2.24, 2.45) is 0 Å². The molecule has 0 fully saturated rings. The van der Waals surface area contributed by atoms with Crippen molar-refractivity contribution >= 4 is 22.6 Å². The highest BCUT2D eigenvalue weighted by atomic mass is 127. The predicted molar refractivity (Wildman–Crippen MR) is 78.9 cm³/mol. The van der Waals surface area contributed by atoms with Crippen molar-refractivity contribution in [1.82, 2.24) is 0 Å². The SMILES string of the molecule is OC(c1ccccc1I)c1cccc2c1OCC2. The number of para-hydroxylation sites is 1. The fourth-order valence-electron chi connectivity index (χ4n) is 2.32. The Balaban J connectivity index is 2.06. The van der Waals surface area contributed by atoms with E-state index < -0.39 is 6.10 Å². The number of aliphatic hydroxyl groups excluding tert-OH is 1. The number of hydrogen-bond acceptors (Lipinski definition) is 2. The van der Waals surface area contributed by atoms with Crippen molar-refractivity contribution in [3.05, 3.63) is 62.7 Å². The van der Waals surface area contributed by atoms with E-state index in [1.807, 2.05) is 36.4 Å². The molecule has 0 radical (unpaired) electrons. The zero-order valence-electron chi connectivity index (χ0n) is 9.77. The lowest BCUT2D eigenvalue weighted by Gasteiger charge is -2.16. The van der Waals surface area contributed by atoms with Crippen molar-refractivity contribution in [2.45, 2.75) is 12.5 Å². The number of hydrogen-bond donors (Lipinski definition) is 1. The Kier molecular flexibility index (Phi) is 3.26. The summed E-state index contributed by atoms with van der Waals surface area (Å²) in [6.07, 6.45) is 0.313. The summed E-state index contributed by atoms with van der Waals surface area (Å²) in [6, 6.07) is 13.9. The molecule has 0 amide bonds. The molecule has 1 atom stereocenters. The lowest BCUT2D eigenvalue weighted by atomic mass is 9.98. The van der Waals surface area contributed by atoms with Crippen molar-refractivity contribution in [1.29, 1.82) is 0 Å². The third-order valence-corrected chi connectivity index (χ3v) is 4.22. The van der Waals surface area contributed by atoms with Gasteiger partial charge in [0.2, 0.25) is 0 Å². The van der Waals surface area contributed by atoms with Crippen LogP contribution in [0, 0.1) is 3.57 Å². The molecule has 0 spiro atoms. The molecular weight excluding hydrogens is 339 g/mol. The monoisotopic (exact) mass is 352 g/mol. The van der Waals surface area contributed by atoms with Gasteiger partial charge in [0.1, 0.15) is 11.9 Å². The van der Waals surface area contributed by atoms with Crippen LogP contribution < -0.4 is 4.74 Å². The summed E-state index contributed by atoms with van der Waals surface area (Å²) in [5.41, 5.74) is 2.99. The molecule has 0 saturated heterocycles. The van der Waals surface area contributed by atoms with Gasteiger partial charge in [-0.05, 0) is 39.8 Å². The minimum Gasteiger partial charge on any atom is -0.493 e. The summed E-state index contributed by atoms with van der Waals surface area (Å²) < 4.78 is 6.72. The highest BCUT2D eigenvalue weighted by Gasteiger charge is 2.22. The van der Waals surface area contributed by atoms with Gasteiger partial charge in [-0.15, -0.1) is 0 Å². The lowest BCUT2D eigenvalue weighted by Crippen LogP contribution is -2.03. The molecule has 1 aliphatic rings. The highest BCUT2D eigenvalue weighted by Crippen LogP contribution is 2.37. The van der Waals surface area contributed by atoms with Gasteiger partial charge >= 0.3 is 0 Å². The minimum atomic E-state index is -0.619. The van der Waals surface area contributed by atoms with Gasteiger partial charge in [-0.3, -0.25) is 0 Å². The number of fused-ring (bicyclic) bond motifs is 1. The fourth-order valence-corrected chi connectivity index (χ4v) is 3.00. The molecular formula is C15H13IO2. The Morgan fingerprint density at radius 1 is 1.06 bits per heavy atom. The normalized spacial score (nSPS) is 15.0. The van der Waals surface area contributed by atoms with Crippen molar-refractivity contribution in [3.8, 4) is 5.75 Å². The van der Waals surface area contributed by atoms with Crippen LogP contribution in [0.15, 0.2) is 42.5 Å². The number of rotatable bonds is 2. The quantitative estimate of drug-likeness (QED) is 0.841. The van der Waals surface area contributed by atoms with Gasteiger partial charge in [0.15, 0.2) is 0 Å². The van der Waals surface area contributed by atoms with Crippen LogP contribution in [0.2, 0.25) is 0 Å². The maximum Gasteiger partial charge on any atom is 0.128 e. The first-order valence-electron chi connectivity index (χ1n) is 5.94. The van der Waals surface area contributed by atoms with Gasteiger partial charge in [0, 0.05) is 15.6 Å². The average Bonchev–Trinajstić information content (AvgIpc) is 2.86. The second kappa shape index (κ2) is 4.90. The van der Waals surface area contributed by atoms with Gasteiger partial charge in [-0.2, -0.15) is 0 Å². The molecule has 2 nitrogen and oxygen atoms in total. The number of halogens is 1. The summed E-state index contributed by atoms with van der Waals surface area (Å²) in [6.45, 7) is 0.713. The van der Waals surface area contributed by atoms with Crippen LogP contribution in [0.1, 0.15) is 22.8 Å². The molecule has 2 aromatic rings. The molecule has 1 unspecified atom stereocenters. The molecule has 2 aromatic carbocycles. The van der Waals surface area contributed by atoms with Gasteiger partial charge in [0.05, 0.1) is 6.61 Å². The van der Waals surface area contributed by atoms with Crippen molar-refractivity contribution in [3.63, 3.8) is 0 Å². The van der Waals surface area contributed by atoms with Gasteiger partial charge < -0.3 is 9.84 Å². The van der Waals surface area contributed by atoms with Crippen LogP contribution in [-0.4, -0.2) is 11.7 Å². The van der Waals surface area contributed by atoms with E-state index in [1.54, 1.807) is 0 Å². The Morgan fingerprint density at radius 3 is 2.67 bits per heavy atom. The number of benzene rings is 2. The number of ether oxygens (including phenoxy) is 1. The maximum absolute atomic E-state index is 10.6. The minimum absolute atomic E-state index is 0.619. The highest BCUT2D eigenvalue weighted by molar-refractivity contribution is 14.1. The van der Waals surface area contributed by atoms with E-state index >= 15 is 0 Å². The molecule has 0 bridgehead atoms. The molecule has 3 rings (SSSR count). The van der Waals surface area contributed by atoms with Crippen LogP contribution in [0.25, 0.3) is 0 Å². The second-order valence-corrected chi connectivity index (χ2v) is 5.52. The Hall–Kier alpha value is -1.07. The zero-order chi connectivity index (χ0) is 12.5. The number of aliphatic hydroxyl groups is 1. The maximum atomic E-state index is 10.6. The molecule has 18 heavy (non-hydrogen) atoms. The third-order valence-electron chi connectivity index (χ3n) is 3.24. The molecule has 1 N–H and O–H groups in total. The zero-order valence-corrected chi connectivity index (χ0v) is 11.9. The van der Waals surface area contributed by atoms with E-state index in [0.29, 0.717) is 6.61 Å². The van der Waals surface area contributed by atoms with Crippen molar-refractivity contribution < 1.29 is 9.84 Å². The van der Waals surface area contributed by atoms with Crippen LogP contribution in [0.4, 0.5) is 0 Å². The van der Waals surface area contributed by atoms with E-state index in [4.69, 9.17) is 4.74 Å². The molecule has 92 valence electrons. The first kappa shape index (κ1) is 12.0. The van der Waals surface area contributed by atoms with E-state index in [1.165, 1.54) is 5.56 Å². The van der Waals surface area contributed by atoms with Crippen LogP contribution in [0.5, 0.6) is 5.75 Å². The standard InChI is InChI=1S/C15H13IO2/c16-13-7-2-1-5-11(13)14(17)12-6-3-4-10-8-9-18-15(10)12/h1-7,14,17H,8-9H2. The summed E-state index contributed by atoms with van der Waals surface area (Å²) in [4.78, 5) is 0. The third kappa shape index (κ3) is 2.01. The van der Waals surface area contributed by atoms with E-state index in [0.717, 1.165) is 26.9 Å². The van der Waals surface area contributed by atoms with E-state index in [-0.39, 0.29) is 0 Å². The Bertz CT molecular complexity index is 580. The van der Waals surface area contributed by atoms with Gasteiger partial charge in [-0.25, -0.2) is 0 Å². The summed E-state index contributed by atoms with van der Waals surface area (Å²) in [5, 5.41) is 10.6. The molecule has 0 aromatic heterocycles. The molecule has 0 saturated carbocycles.